The summed E-state index contributed by atoms with van der Waals surface area (Å²) in [6.45, 7) is 10.7. The summed E-state index contributed by atoms with van der Waals surface area (Å²) >= 11 is 0. The van der Waals surface area contributed by atoms with Gasteiger partial charge in [-0.05, 0) is 32.1 Å². The van der Waals surface area contributed by atoms with Gasteiger partial charge in [0.25, 0.3) is 0 Å². The Hall–Kier alpha value is -1.06. The van der Waals surface area contributed by atoms with Crippen molar-refractivity contribution in [2.24, 2.45) is 0 Å². The van der Waals surface area contributed by atoms with Crippen molar-refractivity contribution >= 4 is 5.69 Å². The summed E-state index contributed by atoms with van der Waals surface area (Å²) in [5.41, 5.74) is 1.18. The second-order valence-electron chi connectivity index (χ2n) is 4.51. The summed E-state index contributed by atoms with van der Waals surface area (Å²) in [4.78, 5) is 4.47. The van der Waals surface area contributed by atoms with Gasteiger partial charge in [-0.2, -0.15) is 0 Å². The third-order valence-corrected chi connectivity index (χ3v) is 3.30. The molecule has 0 saturated heterocycles. The molecule has 3 heteroatoms. The van der Waals surface area contributed by atoms with Crippen LogP contribution < -0.4 is 4.90 Å². The lowest BCUT2D eigenvalue weighted by atomic mass is 10.2. The van der Waals surface area contributed by atoms with Crippen molar-refractivity contribution in [2.45, 2.75) is 26.9 Å². The smallest absolute Gasteiger partial charge is 0.0841 e. The van der Waals surface area contributed by atoms with Crippen molar-refractivity contribution in [2.75, 3.05) is 37.6 Å². The fourth-order valence-corrected chi connectivity index (χ4v) is 2.15. The quantitative estimate of drug-likeness (QED) is 0.766. The van der Waals surface area contributed by atoms with Crippen LogP contribution in [0.5, 0.6) is 0 Å². The highest BCUT2D eigenvalue weighted by molar-refractivity contribution is 5.45. The van der Waals surface area contributed by atoms with E-state index < -0.39 is 0 Å². The molecule has 0 aromatic heterocycles. The predicted molar refractivity (Wildman–Crippen MR) is 78.1 cm³/mol. The van der Waals surface area contributed by atoms with Gasteiger partial charge < -0.3 is 14.9 Å². The molecule has 0 bridgehead atoms. The van der Waals surface area contributed by atoms with E-state index in [1.807, 2.05) is 18.2 Å². The highest BCUT2D eigenvalue weighted by Gasteiger charge is 2.13. The third-order valence-electron chi connectivity index (χ3n) is 3.30. The minimum Gasteiger partial charge on any atom is -0.390 e. The van der Waals surface area contributed by atoms with Crippen LogP contribution in [-0.4, -0.2) is 48.8 Å². The Kier molecular flexibility index (Phi) is 6.76. The van der Waals surface area contributed by atoms with E-state index in [0.717, 1.165) is 26.2 Å². The lowest BCUT2D eigenvalue weighted by Gasteiger charge is -2.28. The normalized spacial score (nSPS) is 12.7. The molecule has 0 aliphatic carbocycles. The van der Waals surface area contributed by atoms with Gasteiger partial charge in [0.05, 0.1) is 6.10 Å². The molecular formula is C15H26N2O. The van der Waals surface area contributed by atoms with Gasteiger partial charge in [-0.25, -0.2) is 0 Å². The largest absolute Gasteiger partial charge is 0.390 e. The van der Waals surface area contributed by atoms with Crippen molar-refractivity contribution < 1.29 is 5.11 Å². The lowest BCUT2D eigenvalue weighted by Crippen LogP contribution is -2.40. The summed E-state index contributed by atoms with van der Waals surface area (Å²) in [6, 6.07) is 10.3. The van der Waals surface area contributed by atoms with Crippen molar-refractivity contribution in [1.82, 2.24) is 4.90 Å². The molecule has 102 valence electrons. The van der Waals surface area contributed by atoms with E-state index in [0.29, 0.717) is 6.54 Å². The van der Waals surface area contributed by atoms with Crippen LogP contribution in [0.1, 0.15) is 20.8 Å². The Labute approximate surface area is 111 Å². The van der Waals surface area contributed by atoms with Crippen molar-refractivity contribution in [3.8, 4) is 0 Å². The van der Waals surface area contributed by atoms with Crippen LogP contribution in [0.3, 0.4) is 0 Å². The van der Waals surface area contributed by atoms with Crippen LogP contribution in [0.2, 0.25) is 0 Å². The Morgan fingerprint density at radius 2 is 1.56 bits per heavy atom. The fraction of sp³-hybridized carbons (Fsp3) is 0.600. The molecular weight excluding hydrogens is 224 g/mol. The maximum Gasteiger partial charge on any atom is 0.0841 e. The first kappa shape index (κ1) is 15.0. The second kappa shape index (κ2) is 8.11. The number of para-hydroxylation sites is 1. The maximum absolute atomic E-state index is 10.2. The van der Waals surface area contributed by atoms with Gasteiger partial charge in [0.15, 0.2) is 0 Å². The fourth-order valence-electron chi connectivity index (χ4n) is 2.15. The molecule has 1 rings (SSSR count). The molecule has 1 atom stereocenters. The van der Waals surface area contributed by atoms with Crippen LogP contribution >= 0.6 is 0 Å². The average molecular weight is 250 g/mol. The molecule has 0 amide bonds. The number of likely N-dealkylation sites (N-methyl/N-ethyl adjacent to an activating group) is 2. The van der Waals surface area contributed by atoms with E-state index in [1.165, 1.54) is 5.69 Å². The molecule has 0 aliphatic rings. The van der Waals surface area contributed by atoms with Gasteiger partial charge in [-0.3, -0.25) is 0 Å². The average Bonchev–Trinajstić information content (AvgIpc) is 2.43. The Morgan fingerprint density at radius 1 is 0.944 bits per heavy atom. The first-order valence-electron chi connectivity index (χ1n) is 6.91. The highest BCUT2D eigenvalue weighted by atomic mass is 16.3. The van der Waals surface area contributed by atoms with Gasteiger partial charge in [0, 0.05) is 25.3 Å². The zero-order valence-corrected chi connectivity index (χ0v) is 11.8. The minimum absolute atomic E-state index is 0.301. The lowest BCUT2D eigenvalue weighted by molar-refractivity contribution is 0.123. The molecule has 18 heavy (non-hydrogen) atoms. The van der Waals surface area contributed by atoms with Crippen LogP contribution in [-0.2, 0) is 0 Å². The van der Waals surface area contributed by atoms with Crippen LogP contribution in [0, 0.1) is 0 Å². The molecule has 0 spiro atoms. The van der Waals surface area contributed by atoms with Gasteiger partial charge >= 0.3 is 0 Å². The summed E-state index contributed by atoms with van der Waals surface area (Å²) in [7, 11) is 0. The van der Waals surface area contributed by atoms with E-state index in [-0.39, 0.29) is 6.10 Å². The number of aliphatic hydroxyl groups excluding tert-OH is 1. The zero-order valence-electron chi connectivity index (χ0n) is 11.8. The van der Waals surface area contributed by atoms with Gasteiger partial charge in [0.2, 0.25) is 0 Å². The Bertz CT molecular complexity index is 312. The number of aliphatic hydroxyl groups is 1. The van der Waals surface area contributed by atoms with Crippen LogP contribution in [0.25, 0.3) is 0 Å². The van der Waals surface area contributed by atoms with Crippen LogP contribution in [0.4, 0.5) is 5.69 Å². The van der Waals surface area contributed by atoms with Crippen molar-refractivity contribution in [3.05, 3.63) is 30.3 Å². The second-order valence-corrected chi connectivity index (χ2v) is 4.51. The standard InChI is InChI=1S/C15H26N2O/c1-4-16(5-2)12-15(18)13-17(6-3)14-10-8-7-9-11-14/h7-11,15,18H,4-6,12-13H2,1-3H3. The summed E-state index contributed by atoms with van der Waals surface area (Å²) in [5, 5.41) is 10.2. The molecule has 0 fully saturated rings. The molecule has 1 aromatic rings. The molecule has 0 aliphatic heterocycles. The zero-order chi connectivity index (χ0) is 13.4. The molecule has 1 unspecified atom stereocenters. The molecule has 1 aromatic carbocycles. The van der Waals surface area contributed by atoms with Gasteiger partial charge in [0.1, 0.15) is 0 Å². The van der Waals surface area contributed by atoms with Crippen molar-refractivity contribution in [3.63, 3.8) is 0 Å². The van der Waals surface area contributed by atoms with Crippen molar-refractivity contribution in [1.29, 1.82) is 0 Å². The number of hydrogen-bond donors (Lipinski definition) is 1. The highest BCUT2D eigenvalue weighted by Crippen LogP contribution is 2.13. The molecule has 0 saturated carbocycles. The predicted octanol–water partition coefficient (Wildman–Crippen LogP) is 2.22. The summed E-state index contributed by atoms with van der Waals surface area (Å²) < 4.78 is 0. The number of benzene rings is 1. The summed E-state index contributed by atoms with van der Waals surface area (Å²) in [6.07, 6.45) is -0.301. The Morgan fingerprint density at radius 3 is 2.06 bits per heavy atom. The number of hydrogen-bond acceptors (Lipinski definition) is 3. The van der Waals surface area contributed by atoms with Gasteiger partial charge in [-0.1, -0.05) is 32.0 Å². The van der Waals surface area contributed by atoms with E-state index in [2.05, 4.69) is 42.7 Å². The maximum atomic E-state index is 10.2. The molecule has 1 N–H and O–H groups in total. The molecule has 0 heterocycles. The van der Waals surface area contributed by atoms with E-state index in [4.69, 9.17) is 0 Å². The topological polar surface area (TPSA) is 26.7 Å². The number of nitrogens with zero attached hydrogens (tertiary/aromatic N) is 2. The molecule has 0 radical (unpaired) electrons. The third kappa shape index (κ3) is 4.67. The van der Waals surface area contributed by atoms with Gasteiger partial charge in [-0.15, -0.1) is 0 Å². The van der Waals surface area contributed by atoms with E-state index >= 15 is 0 Å². The van der Waals surface area contributed by atoms with E-state index in [1.54, 1.807) is 0 Å². The Balaban J connectivity index is 2.53. The molecule has 3 nitrogen and oxygen atoms in total. The first-order chi connectivity index (χ1) is 8.71. The number of anilines is 1. The number of rotatable bonds is 8. The van der Waals surface area contributed by atoms with Crippen LogP contribution in [0.15, 0.2) is 30.3 Å². The minimum atomic E-state index is -0.301. The van der Waals surface area contributed by atoms with E-state index in [9.17, 15) is 5.11 Å². The first-order valence-corrected chi connectivity index (χ1v) is 6.91. The SMILES string of the molecule is CCN(CC)CC(O)CN(CC)c1ccccc1. The monoisotopic (exact) mass is 250 g/mol. The summed E-state index contributed by atoms with van der Waals surface area (Å²) in [5.74, 6) is 0.